The Morgan fingerprint density at radius 2 is 1.88 bits per heavy atom. The van der Waals surface area contributed by atoms with E-state index in [4.69, 9.17) is 0 Å². The van der Waals surface area contributed by atoms with Crippen LogP contribution >= 0.6 is 0 Å². The van der Waals surface area contributed by atoms with Crippen molar-refractivity contribution < 1.29 is 0 Å². The van der Waals surface area contributed by atoms with Crippen molar-refractivity contribution in [2.45, 2.75) is 53.4 Å². The third-order valence-electron chi connectivity index (χ3n) is 4.31. The predicted molar refractivity (Wildman–Crippen MR) is 76.4 cm³/mol. The summed E-state index contributed by atoms with van der Waals surface area (Å²) < 4.78 is 0. The molecule has 0 amide bonds. The lowest BCUT2D eigenvalue weighted by Crippen LogP contribution is -2.44. The van der Waals surface area contributed by atoms with Gasteiger partial charge < -0.3 is 10.2 Å². The minimum Gasteiger partial charge on any atom is -0.316 e. The number of likely N-dealkylation sites (tertiary alicyclic amines) is 1. The largest absolute Gasteiger partial charge is 0.316 e. The molecule has 1 aliphatic heterocycles. The highest BCUT2D eigenvalue weighted by Crippen LogP contribution is 2.25. The molecule has 1 atom stereocenters. The Morgan fingerprint density at radius 3 is 2.41 bits per heavy atom. The maximum atomic E-state index is 3.60. The molecule has 0 aromatic heterocycles. The van der Waals surface area contributed by atoms with Crippen molar-refractivity contribution in [3.63, 3.8) is 0 Å². The zero-order valence-electron chi connectivity index (χ0n) is 12.4. The van der Waals surface area contributed by atoms with Gasteiger partial charge in [0.05, 0.1) is 0 Å². The number of piperidine rings is 1. The smallest absolute Gasteiger partial charge is 0.00474 e. The first kappa shape index (κ1) is 15.0. The molecule has 0 spiro atoms. The molecular formula is C15H32N2. The average Bonchev–Trinajstić information content (AvgIpc) is 2.33. The molecule has 1 saturated heterocycles. The summed E-state index contributed by atoms with van der Waals surface area (Å²) >= 11 is 0. The van der Waals surface area contributed by atoms with Crippen LogP contribution in [0, 0.1) is 11.3 Å². The van der Waals surface area contributed by atoms with E-state index in [9.17, 15) is 0 Å². The summed E-state index contributed by atoms with van der Waals surface area (Å²) in [6.07, 6.45) is 5.29. The molecule has 1 fully saturated rings. The van der Waals surface area contributed by atoms with E-state index in [-0.39, 0.29) is 0 Å². The molecule has 1 heterocycles. The van der Waals surface area contributed by atoms with Gasteiger partial charge in [-0.3, -0.25) is 0 Å². The fourth-order valence-corrected chi connectivity index (χ4v) is 2.62. The van der Waals surface area contributed by atoms with E-state index < -0.39 is 0 Å². The second-order valence-corrected chi connectivity index (χ2v) is 6.30. The Bertz CT molecular complexity index is 197. The summed E-state index contributed by atoms with van der Waals surface area (Å²) in [6.45, 7) is 15.6. The van der Waals surface area contributed by atoms with Gasteiger partial charge in [0.2, 0.25) is 0 Å². The van der Waals surface area contributed by atoms with Gasteiger partial charge in [-0.1, -0.05) is 27.7 Å². The van der Waals surface area contributed by atoms with Crippen molar-refractivity contribution in [1.82, 2.24) is 10.2 Å². The highest BCUT2D eigenvalue weighted by Gasteiger charge is 2.26. The second-order valence-electron chi connectivity index (χ2n) is 6.30. The van der Waals surface area contributed by atoms with Gasteiger partial charge in [0.25, 0.3) is 0 Å². The van der Waals surface area contributed by atoms with Gasteiger partial charge in [0.1, 0.15) is 0 Å². The summed E-state index contributed by atoms with van der Waals surface area (Å²) in [4.78, 5) is 2.68. The van der Waals surface area contributed by atoms with Crippen molar-refractivity contribution in [3.05, 3.63) is 0 Å². The van der Waals surface area contributed by atoms with Crippen LogP contribution in [-0.2, 0) is 0 Å². The van der Waals surface area contributed by atoms with Gasteiger partial charge in [-0.2, -0.15) is 0 Å². The molecule has 102 valence electrons. The lowest BCUT2D eigenvalue weighted by atomic mass is 9.85. The Morgan fingerprint density at radius 1 is 1.24 bits per heavy atom. The minimum absolute atomic E-state index is 0.454. The molecule has 0 radical (unpaired) electrons. The first-order valence-corrected chi connectivity index (χ1v) is 7.52. The summed E-state index contributed by atoms with van der Waals surface area (Å²) in [5, 5.41) is 3.60. The molecule has 0 bridgehead atoms. The SMILES string of the molecule is CCCNCC(C)(CC)CN1CCC(C)CC1. The Labute approximate surface area is 108 Å². The molecule has 2 heteroatoms. The Balaban J connectivity index is 2.33. The minimum atomic E-state index is 0.454. The molecule has 1 N–H and O–H groups in total. The molecule has 2 nitrogen and oxygen atoms in total. The van der Waals surface area contributed by atoms with Gasteiger partial charge in [0.15, 0.2) is 0 Å². The van der Waals surface area contributed by atoms with Crippen LogP contribution in [0.4, 0.5) is 0 Å². The average molecular weight is 240 g/mol. The lowest BCUT2D eigenvalue weighted by Gasteiger charge is -2.38. The van der Waals surface area contributed by atoms with Crippen molar-refractivity contribution in [2.75, 3.05) is 32.7 Å². The Kier molecular flexibility index (Phi) is 6.50. The van der Waals surface area contributed by atoms with Crippen molar-refractivity contribution >= 4 is 0 Å². The van der Waals surface area contributed by atoms with Gasteiger partial charge in [0, 0.05) is 13.1 Å². The first-order chi connectivity index (χ1) is 8.09. The maximum absolute atomic E-state index is 3.60. The van der Waals surface area contributed by atoms with E-state index in [0.29, 0.717) is 5.41 Å². The zero-order valence-corrected chi connectivity index (χ0v) is 12.4. The molecule has 0 aromatic rings. The molecule has 0 aliphatic carbocycles. The third-order valence-corrected chi connectivity index (χ3v) is 4.31. The highest BCUT2D eigenvalue weighted by atomic mass is 15.1. The van der Waals surface area contributed by atoms with Crippen LogP contribution in [0.25, 0.3) is 0 Å². The van der Waals surface area contributed by atoms with E-state index in [0.717, 1.165) is 12.5 Å². The molecule has 1 rings (SSSR count). The van der Waals surface area contributed by atoms with Gasteiger partial charge >= 0.3 is 0 Å². The lowest BCUT2D eigenvalue weighted by molar-refractivity contribution is 0.118. The van der Waals surface area contributed by atoms with Crippen LogP contribution in [0.1, 0.15) is 53.4 Å². The topological polar surface area (TPSA) is 15.3 Å². The monoisotopic (exact) mass is 240 g/mol. The van der Waals surface area contributed by atoms with Crippen molar-refractivity contribution in [3.8, 4) is 0 Å². The first-order valence-electron chi connectivity index (χ1n) is 7.52. The van der Waals surface area contributed by atoms with Gasteiger partial charge in [-0.15, -0.1) is 0 Å². The number of hydrogen-bond acceptors (Lipinski definition) is 2. The maximum Gasteiger partial charge on any atom is 0.00474 e. The predicted octanol–water partition coefficient (Wildman–Crippen LogP) is 3.13. The molecular weight excluding hydrogens is 208 g/mol. The van der Waals surface area contributed by atoms with Crippen LogP contribution in [0.15, 0.2) is 0 Å². The van der Waals surface area contributed by atoms with Crippen LogP contribution in [0.3, 0.4) is 0 Å². The normalized spacial score (nSPS) is 22.6. The van der Waals surface area contributed by atoms with Crippen LogP contribution in [0.5, 0.6) is 0 Å². The molecule has 1 unspecified atom stereocenters. The van der Waals surface area contributed by atoms with Gasteiger partial charge in [-0.05, 0) is 56.7 Å². The van der Waals surface area contributed by atoms with Gasteiger partial charge in [-0.25, -0.2) is 0 Å². The van der Waals surface area contributed by atoms with E-state index >= 15 is 0 Å². The van der Waals surface area contributed by atoms with E-state index in [1.54, 1.807) is 0 Å². The Hall–Kier alpha value is -0.0800. The highest BCUT2D eigenvalue weighted by molar-refractivity contribution is 4.81. The quantitative estimate of drug-likeness (QED) is 0.688. The second kappa shape index (κ2) is 7.38. The number of nitrogens with zero attached hydrogens (tertiary/aromatic N) is 1. The van der Waals surface area contributed by atoms with E-state index in [2.05, 4.69) is 37.9 Å². The zero-order chi connectivity index (χ0) is 12.7. The van der Waals surface area contributed by atoms with Crippen LogP contribution < -0.4 is 5.32 Å². The fraction of sp³-hybridized carbons (Fsp3) is 1.00. The van der Waals surface area contributed by atoms with Crippen molar-refractivity contribution in [1.29, 1.82) is 0 Å². The van der Waals surface area contributed by atoms with E-state index in [1.807, 2.05) is 0 Å². The van der Waals surface area contributed by atoms with E-state index in [1.165, 1.54) is 51.9 Å². The number of hydrogen-bond donors (Lipinski definition) is 1. The molecule has 17 heavy (non-hydrogen) atoms. The summed E-state index contributed by atoms with van der Waals surface area (Å²) in [5.74, 6) is 0.942. The third kappa shape index (κ3) is 5.39. The molecule has 0 saturated carbocycles. The van der Waals surface area contributed by atoms with Crippen LogP contribution in [0.2, 0.25) is 0 Å². The number of rotatable bonds is 7. The molecule has 1 aliphatic rings. The standard InChI is InChI=1S/C15H32N2/c1-5-9-16-12-15(4,6-2)13-17-10-7-14(3)8-11-17/h14,16H,5-13H2,1-4H3. The summed E-state index contributed by atoms with van der Waals surface area (Å²) in [5.41, 5.74) is 0.454. The fourth-order valence-electron chi connectivity index (χ4n) is 2.62. The van der Waals surface area contributed by atoms with Crippen molar-refractivity contribution in [2.24, 2.45) is 11.3 Å². The summed E-state index contributed by atoms with van der Waals surface area (Å²) in [7, 11) is 0. The number of nitrogens with one attached hydrogen (secondary N) is 1. The molecule has 0 aromatic carbocycles. The summed E-state index contributed by atoms with van der Waals surface area (Å²) in [6, 6.07) is 0. The van der Waals surface area contributed by atoms with Crippen LogP contribution in [-0.4, -0.2) is 37.6 Å².